The van der Waals surface area contributed by atoms with Crippen molar-refractivity contribution in [2.45, 2.75) is 17.9 Å². The zero-order chi connectivity index (χ0) is 17.4. The van der Waals surface area contributed by atoms with Gasteiger partial charge in [0.05, 0.1) is 12.0 Å². The van der Waals surface area contributed by atoms with Crippen LogP contribution in [0.1, 0.15) is 12.0 Å². The third kappa shape index (κ3) is 2.71. The summed E-state index contributed by atoms with van der Waals surface area (Å²) in [4.78, 5) is 2.62. The molecule has 0 aliphatic carbocycles. The van der Waals surface area contributed by atoms with Crippen molar-refractivity contribution in [2.75, 3.05) is 20.2 Å². The minimum Gasteiger partial charge on any atom is -0.495 e. The van der Waals surface area contributed by atoms with E-state index in [4.69, 9.17) is 4.74 Å². The fourth-order valence-electron chi connectivity index (χ4n) is 3.25. The molecule has 2 heterocycles. The number of hydrogen-bond donors (Lipinski definition) is 0. The average Bonchev–Trinajstić information content (AvgIpc) is 3.05. The highest BCUT2D eigenvalue weighted by molar-refractivity contribution is 7.90. The number of aromatic nitrogens is 1. The molecule has 2 aromatic carbocycles. The van der Waals surface area contributed by atoms with Crippen LogP contribution in [0.5, 0.6) is 5.75 Å². The summed E-state index contributed by atoms with van der Waals surface area (Å²) in [6.45, 7) is 3.02. The fraction of sp³-hybridized carbons (Fsp3) is 0.263. The summed E-state index contributed by atoms with van der Waals surface area (Å²) in [5, 5.41) is 0.922. The highest BCUT2D eigenvalue weighted by Gasteiger charge is 2.23. The first-order valence-electron chi connectivity index (χ1n) is 8.31. The molecule has 1 aliphatic heterocycles. The molecule has 0 N–H and O–H groups in total. The number of rotatable bonds is 5. The molecule has 6 heteroatoms. The molecule has 1 saturated heterocycles. The van der Waals surface area contributed by atoms with Crippen LogP contribution in [0.2, 0.25) is 0 Å². The van der Waals surface area contributed by atoms with Crippen molar-refractivity contribution in [1.82, 2.24) is 8.87 Å². The van der Waals surface area contributed by atoms with E-state index in [0.717, 1.165) is 30.6 Å². The molecule has 0 bridgehead atoms. The average molecular weight is 356 g/mol. The van der Waals surface area contributed by atoms with Gasteiger partial charge in [0.1, 0.15) is 11.3 Å². The van der Waals surface area contributed by atoms with E-state index in [1.807, 2.05) is 18.2 Å². The van der Waals surface area contributed by atoms with Crippen LogP contribution in [0.15, 0.2) is 59.6 Å². The second-order valence-corrected chi connectivity index (χ2v) is 8.06. The molecule has 25 heavy (non-hydrogen) atoms. The van der Waals surface area contributed by atoms with Crippen molar-refractivity contribution in [3.05, 3.63) is 60.3 Å². The SMILES string of the molecule is COc1ccc(CN2CCC2)c2ccn(S(=O)(=O)c3ccccc3)c12. The third-order valence-corrected chi connectivity index (χ3v) is 6.42. The van der Waals surface area contributed by atoms with Crippen LogP contribution in [0, 0.1) is 0 Å². The van der Waals surface area contributed by atoms with E-state index < -0.39 is 10.0 Å². The quantitative estimate of drug-likeness (QED) is 0.705. The first-order chi connectivity index (χ1) is 12.1. The summed E-state index contributed by atoms with van der Waals surface area (Å²) in [6, 6.07) is 14.2. The largest absolute Gasteiger partial charge is 0.495 e. The normalized spacial score (nSPS) is 15.2. The zero-order valence-corrected chi connectivity index (χ0v) is 14.9. The van der Waals surface area contributed by atoms with Crippen LogP contribution < -0.4 is 4.74 Å². The molecule has 1 aromatic heterocycles. The van der Waals surface area contributed by atoms with E-state index in [1.54, 1.807) is 43.6 Å². The molecule has 5 nitrogen and oxygen atoms in total. The zero-order valence-electron chi connectivity index (χ0n) is 14.1. The van der Waals surface area contributed by atoms with Gasteiger partial charge in [-0.3, -0.25) is 4.90 Å². The van der Waals surface area contributed by atoms with Crippen molar-refractivity contribution in [3.63, 3.8) is 0 Å². The number of likely N-dealkylation sites (tertiary alicyclic amines) is 1. The molecule has 0 spiro atoms. The Morgan fingerprint density at radius 2 is 1.80 bits per heavy atom. The lowest BCUT2D eigenvalue weighted by Crippen LogP contribution is -2.36. The molecule has 0 unspecified atom stereocenters. The summed E-state index contributed by atoms with van der Waals surface area (Å²) in [5.74, 6) is 0.562. The maximum atomic E-state index is 13.1. The molecule has 0 atom stereocenters. The predicted octanol–water partition coefficient (Wildman–Crippen LogP) is 3.09. The number of benzene rings is 2. The molecule has 3 aromatic rings. The van der Waals surface area contributed by atoms with Gasteiger partial charge in [-0.1, -0.05) is 24.3 Å². The van der Waals surface area contributed by atoms with Gasteiger partial charge in [0, 0.05) is 18.1 Å². The van der Waals surface area contributed by atoms with Crippen molar-refractivity contribution < 1.29 is 13.2 Å². The molecule has 0 saturated carbocycles. The lowest BCUT2D eigenvalue weighted by Gasteiger charge is -2.31. The van der Waals surface area contributed by atoms with E-state index >= 15 is 0 Å². The van der Waals surface area contributed by atoms with Gasteiger partial charge in [-0.25, -0.2) is 12.4 Å². The molecule has 0 amide bonds. The van der Waals surface area contributed by atoms with Gasteiger partial charge in [-0.2, -0.15) is 0 Å². The molecular weight excluding hydrogens is 336 g/mol. The van der Waals surface area contributed by atoms with Crippen molar-refractivity contribution in [1.29, 1.82) is 0 Å². The van der Waals surface area contributed by atoms with Gasteiger partial charge in [-0.05, 0) is 49.3 Å². The van der Waals surface area contributed by atoms with E-state index in [1.165, 1.54) is 10.4 Å². The maximum absolute atomic E-state index is 13.1. The first-order valence-corrected chi connectivity index (χ1v) is 9.75. The predicted molar refractivity (Wildman–Crippen MR) is 97.4 cm³/mol. The first kappa shape index (κ1) is 16.2. The second-order valence-electron chi connectivity index (χ2n) is 6.25. The molecule has 130 valence electrons. The Morgan fingerprint density at radius 1 is 1.04 bits per heavy atom. The summed E-state index contributed by atoms with van der Waals surface area (Å²) in [6.07, 6.45) is 2.85. The van der Waals surface area contributed by atoms with Crippen LogP contribution in [0.25, 0.3) is 10.9 Å². The lowest BCUT2D eigenvalue weighted by molar-refractivity contribution is 0.173. The summed E-state index contributed by atoms with van der Waals surface area (Å²) >= 11 is 0. The Morgan fingerprint density at radius 3 is 2.44 bits per heavy atom. The molecule has 1 aliphatic rings. The van der Waals surface area contributed by atoms with Gasteiger partial charge in [-0.15, -0.1) is 0 Å². The summed E-state index contributed by atoms with van der Waals surface area (Å²) in [7, 11) is -2.10. The minimum absolute atomic E-state index is 0.266. The van der Waals surface area contributed by atoms with E-state index in [-0.39, 0.29) is 4.90 Å². The van der Waals surface area contributed by atoms with E-state index in [9.17, 15) is 8.42 Å². The van der Waals surface area contributed by atoms with Gasteiger partial charge in [0.15, 0.2) is 0 Å². The van der Waals surface area contributed by atoms with Gasteiger partial charge in [0.2, 0.25) is 0 Å². The molecule has 4 rings (SSSR count). The fourth-order valence-corrected chi connectivity index (χ4v) is 4.63. The van der Waals surface area contributed by atoms with Crippen molar-refractivity contribution in [3.8, 4) is 5.75 Å². The summed E-state index contributed by atoms with van der Waals surface area (Å²) in [5.41, 5.74) is 1.72. The van der Waals surface area contributed by atoms with Crippen LogP contribution in [-0.4, -0.2) is 37.5 Å². The van der Waals surface area contributed by atoms with Crippen molar-refractivity contribution in [2.24, 2.45) is 0 Å². The second kappa shape index (κ2) is 6.20. The minimum atomic E-state index is -3.67. The van der Waals surface area contributed by atoms with Gasteiger partial charge >= 0.3 is 0 Å². The summed E-state index contributed by atoms with van der Waals surface area (Å²) < 4.78 is 32.9. The standard InChI is InChI=1S/C19H20N2O3S/c1-24-18-9-8-15(14-20-11-5-12-20)17-10-13-21(19(17)18)25(22,23)16-6-3-2-4-7-16/h2-4,6-10,13H,5,11-12,14H2,1H3. The third-order valence-electron chi connectivity index (χ3n) is 4.73. The molecular formula is C19H20N2O3S. The Bertz CT molecular complexity index is 1010. The topological polar surface area (TPSA) is 51.5 Å². The lowest BCUT2D eigenvalue weighted by atomic mass is 10.1. The number of nitrogens with zero attached hydrogens (tertiary/aromatic N) is 2. The Hall–Kier alpha value is -2.31. The van der Waals surface area contributed by atoms with Gasteiger partial charge < -0.3 is 4.74 Å². The van der Waals surface area contributed by atoms with Crippen LogP contribution >= 0.6 is 0 Å². The van der Waals surface area contributed by atoms with Crippen molar-refractivity contribution >= 4 is 20.9 Å². The van der Waals surface area contributed by atoms with Gasteiger partial charge in [0.25, 0.3) is 10.0 Å². The van der Waals surface area contributed by atoms with Crippen LogP contribution in [0.4, 0.5) is 0 Å². The monoisotopic (exact) mass is 356 g/mol. The van der Waals surface area contributed by atoms with E-state index in [0.29, 0.717) is 11.3 Å². The molecule has 0 radical (unpaired) electrons. The Kier molecular flexibility index (Phi) is 4.01. The Balaban J connectivity index is 1.89. The number of ether oxygens (including phenoxy) is 1. The highest BCUT2D eigenvalue weighted by atomic mass is 32.2. The van der Waals surface area contributed by atoms with Crippen LogP contribution in [-0.2, 0) is 16.6 Å². The smallest absolute Gasteiger partial charge is 0.268 e. The highest BCUT2D eigenvalue weighted by Crippen LogP contribution is 2.33. The number of hydrogen-bond acceptors (Lipinski definition) is 4. The maximum Gasteiger partial charge on any atom is 0.268 e. The van der Waals surface area contributed by atoms with E-state index in [2.05, 4.69) is 4.90 Å². The van der Waals surface area contributed by atoms with Crippen LogP contribution in [0.3, 0.4) is 0 Å². The number of fused-ring (bicyclic) bond motifs is 1. The molecule has 1 fully saturated rings. The Labute approximate surface area is 147 Å². The number of methoxy groups -OCH3 is 1.